The number of ether oxygens (including phenoxy) is 2. The first-order valence-electron chi connectivity index (χ1n) is 11.6. The summed E-state index contributed by atoms with van der Waals surface area (Å²) < 4.78 is 42.9. The van der Waals surface area contributed by atoms with Crippen LogP contribution in [0.3, 0.4) is 0 Å². The zero-order valence-corrected chi connectivity index (χ0v) is 20.5. The first kappa shape index (κ1) is 25.5. The van der Waals surface area contributed by atoms with Crippen molar-refractivity contribution >= 4 is 28.0 Å². The molecule has 192 valence electrons. The molecule has 11 nitrogen and oxygen atoms in total. The number of benzene rings is 1. The van der Waals surface area contributed by atoms with Crippen molar-refractivity contribution in [3.63, 3.8) is 0 Å². The number of hydrogen-bond donors (Lipinski definition) is 2. The van der Waals surface area contributed by atoms with Crippen LogP contribution in [-0.2, 0) is 24.3 Å². The number of esters is 2. The largest absolute Gasteiger partial charge is 0.467 e. The summed E-state index contributed by atoms with van der Waals surface area (Å²) in [5, 5.41) is 5.10. The summed E-state index contributed by atoms with van der Waals surface area (Å²) in [5.41, 5.74) is 0.215. The Morgan fingerprint density at radius 2 is 1.78 bits per heavy atom. The van der Waals surface area contributed by atoms with E-state index >= 15 is 0 Å². The van der Waals surface area contributed by atoms with E-state index in [2.05, 4.69) is 10.6 Å². The highest BCUT2D eigenvalue weighted by Crippen LogP contribution is 2.28. The van der Waals surface area contributed by atoms with Crippen molar-refractivity contribution < 1.29 is 36.7 Å². The lowest BCUT2D eigenvalue weighted by atomic mass is 10.0. The molecule has 1 unspecified atom stereocenters. The maximum Gasteiger partial charge on any atom is 0.338 e. The molecular formula is C24H27N3O8S. The lowest BCUT2D eigenvalue weighted by Gasteiger charge is -2.27. The molecule has 1 aromatic heterocycles. The molecule has 0 saturated carbocycles. The Bertz CT molecular complexity index is 1250. The summed E-state index contributed by atoms with van der Waals surface area (Å²) in [4.78, 5) is 37.7. The molecule has 2 amide bonds. The van der Waals surface area contributed by atoms with Crippen LogP contribution in [0.5, 0.6) is 0 Å². The number of furan rings is 1. The smallest absolute Gasteiger partial charge is 0.338 e. The van der Waals surface area contributed by atoms with E-state index in [1.807, 2.05) is 0 Å². The highest BCUT2D eigenvalue weighted by atomic mass is 32.2. The van der Waals surface area contributed by atoms with Gasteiger partial charge in [0.1, 0.15) is 18.4 Å². The molecule has 0 spiro atoms. The topological polar surface area (TPSA) is 144 Å². The van der Waals surface area contributed by atoms with Crippen molar-refractivity contribution in [3.8, 4) is 0 Å². The summed E-state index contributed by atoms with van der Waals surface area (Å²) >= 11 is 0. The Kier molecular flexibility index (Phi) is 7.75. The predicted octanol–water partition coefficient (Wildman–Crippen LogP) is 2.48. The van der Waals surface area contributed by atoms with Gasteiger partial charge in [0.25, 0.3) is 0 Å². The van der Waals surface area contributed by atoms with Gasteiger partial charge in [0.2, 0.25) is 10.0 Å². The van der Waals surface area contributed by atoms with Crippen molar-refractivity contribution in [2.24, 2.45) is 0 Å². The second kappa shape index (κ2) is 11.0. The van der Waals surface area contributed by atoms with Crippen LogP contribution in [0.1, 0.15) is 48.3 Å². The van der Waals surface area contributed by atoms with Gasteiger partial charge in [0.15, 0.2) is 0 Å². The average molecular weight is 518 g/mol. The third-order valence-electron chi connectivity index (χ3n) is 5.87. The predicted molar refractivity (Wildman–Crippen MR) is 126 cm³/mol. The third kappa shape index (κ3) is 5.44. The molecule has 0 aliphatic carbocycles. The number of amides is 2. The summed E-state index contributed by atoms with van der Waals surface area (Å²) in [6, 6.07) is 7.13. The van der Waals surface area contributed by atoms with E-state index in [0.29, 0.717) is 18.8 Å². The van der Waals surface area contributed by atoms with Gasteiger partial charge in [-0.1, -0.05) is 6.42 Å². The first-order valence-corrected chi connectivity index (χ1v) is 13.0. The molecule has 1 aromatic carbocycles. The number of urea groups is 1. The monoisotopic (exact) mass is 517 g/mol. The van der Waals surface area contributed by atoms with Gasteiger partial charge in [-0.25, -0.2) is 22.8 Å². The zero-order valence-electron chi connectivity index (χ0n) is 19.7. The van der Waals surface area contributed by atoms with E-state index in [1.165, 1.54) is 34.8 Å². The van der Waals surface area contributed by atoms with Crippen LogP contribution in [0, 0.1) is 0 Å². The number of carbonyl (C=O) groups is 3. The molecule has 4 rings (SSSR count). The van der Waals surface area contributed by atoms with Gasteiger partial charge in [-0.05, 0) is 56.2 Å². The van der Waals surface area contributed by atoms with Crippen molar-refractivity contribution in [1.29, 1.82) is 0 Å². The fourth-order valence-electron chi connectivity index (χ4n) is 4.09. The van der Waals surface area contributed by atoms with Crippen LogP contribution in [0.2, 0.25) is 0 Å². The number of piperidine rings is 1. The maximum absolute atomic E-state index is 12.8. The summed E-state index contributed by atoms with van der Waals surface area (Å²) in [6.45, 7) is 2.27. The first-order chi connectivity index (χ1) is 17.3. The lowest BCUT2D eigenvalue weighted by molar-refractivity contribution is -0.139. The fraction of sp³-hybridized carbons (Fsp3) is 0.375. The highest BCUT2D eigenvalue weighted by Gasteiger charge is 2.36. The van der Waals surface area contributed by atoms with Crippen molar-refractivity contribution in [1.82, 2.24) is 14.9 Å². The van der Waals surface area contributed by atoms with E-state index in [4.69, 9.17) is 13.9 Å². The Hall–Kier alpha value is -3.64. The zero-order chi connectivity index (χ0) is 25.7. The fourth-order valence-corrected chi connectivity index (χ4v) is 5.61. The van der Waals surface area contributed by atoms with Crippen molar-refractivity contribution in [2.45, 2.75) is 37.1 Å². The standard InChI is InChI=1S/C24H27N3O8S/c1-2-33-23(29)20-18(25-24(30)26-21(20)19-7-6-14-34-19)15-35-22(28)16-8-10-17(11-9-16)36(31,32)27-12-4-3-5-13-27/h6-11,14,21H,2-5,12-13,15H2,1H3,(H2,25,26,30). The maximum atomic E-state index is 12.8. The SMILES string of the molecule is CCOC(=O)C1=C(COC(=O)c2ccc(S(=O)(=O)N3CCCCC3)cc2)NC(=O)NC1c1ccco1. The number of nitrogens with zero attached hydrogens (tertiary/aromatic N) is 1. The summed E-state index contributed by atoms with van der Waals surface area (Å²) in [7, 11) is -3.63. The van der Waals surface area contributed by atoms with Gasteiger partial charge in [0, 0.05) is 13.1 Å². The van der Waals surface area contributed by atoms with E-state index in [9.17, 15) is 22.8 Å². The van der Waals surface area contributed by atoms with E-state index in [0.717, 1.165) is 19.3 Å². The molecular weight excluding hydrogens is 490 g/mol. The number of hydrogen-bond acceptors (Lipinski definition) is 8. The van der Waals surface area contributed by atoms with Crippen LogP contribution >= 0.6 is 0 Å². The van der Waals surface area contributed by atoms with Crippen LogP contribution in [0.4, 0.5) is 4.79 Å². The minimum atomic E-state index is -3.63. The van der Waals surface area contributed by atoms with E-state index < -0.39 is 40.6 Å². The van der Waals surface area contributed by atoms with E-state index in [-0.39, 0.29) is 28.3 Å². The third-order valence-corrected chi connectivity index (χ3v) is 7.78. The van der Waals surface area contributed by atoms with Gasteiger partial charge in [-0.15, -0.1) is 0 Å². The van der Waals surface area contributed by atoms with Crippen LogP contribution < -0.4 is 10.6 Å². The molecule has 1 atom stereocenters. The van der Waals surface area contributed by atoms with Crippen molar-refractivity contribution in [3.05, 3.63) is 65.3 Å². The minimum absolute atomic E-state index is 0.0437. The second-order valence-corrected chi connectivity index (χ2v) is 10.2. The number of rotatable bonds is 8. The minimum Gasteiger partial charge on any atom is -0.467 e. The molecule has 2 N–H and O–H groups in total. The normalized spacial score (nSPS) is 18.8. The Morgan fingerprint density at radius 1 is 1.06 bits per heavy atom. The Balaban J connectivity index is 1.51. The molecule has 2 aromatic rings. The van der Waals surface area contributed by atoms with Crippen molar-refractivity contribution in [2.75, 3.05) is 26.3 Å². The summed E-state index contributed by atoms with van der Waals surface area (Å²) in [6.07, 6.45) is 4.05. The molecule has 3 heterocycles. The highest BCUT2D eigenvalue weighted by molar-refractivity contribution is 7.89. The lowest BCUT2D eigenvalue weighted by Crippen LogP contribution is -2.47. The molecule has 1 saturated heterocycles. The summed E-state index contributed by atoms with van der Waals surface area (Å²) in [5.74, 6) is -1.15. The Labute approximate surface area is 208 Å². The number of nitrogens with one attached hydrogen (secondary N) is 2. The van der Waals surface area contributed by atoms with Gasteiger partial charge in [-0.2, -0.15) is 4.31 Å². The number of carbonyl (C=O) groups excluding carboxylic acids is 3. The van der Waals surface area contributed by atoms with Crippen LogP contribution in [0.25, 0.3) is 0 Å². The molecule has 0 radical (unpaired) electrons. The molecule has 0 bridgehead atoms. The van der Waals surface area contributed by atoms with Crippen LogP contribution in [-0.4, -0.2) is 57.0 Å². The van der Waals surface area contributed by atoms with E-state index in [1.54, 1.807) is 19.1 Å². The molecule has 2 aliphatic rings. The van der Waals surface area contributed by atoms with Crippen LogP contribution in [0.15, 0.2) is 63.2 Å². The average Bonchev–Trinajstić information content (AvgIpc) is 3.42. The Morgan fingerprint density at radius 3 is 2.42 bits per heavy atom. The molecule has 12 heteroatoms. The van der Waals surface area contributed by atoms with Gasteiger partial charge >= 0.3 is 18.0 Å². The molecule has 2 aliphatic heterocycles. The van der Waals surface area contributed by atoms with Gasteiger partial charge in [0.05, 0.1) is 34.6 Å². The second-order valence-electron chi connectivity index (χ2n) is 8.22. The van der Waals surface area contributed by atoms with Gasteiger partial charge < -0.3 is 24.5 Å². The molecule has 1 fully saturated rings. The van der Waals surface area contributed by atoms with Gasteiger partial charge in [-0.3, -0.25) is 0 Å². The number of sulfonamides is 1. The quantitative estimate of drug-likeness (QED) is 0.508. The molecule has 36 heavy (non-hydrogen) atoms.